The van der Waals surface area contributed by atoms with Crippen LogP contribution in [-0.4, -0.2) is 81.0 Å². The van der Waals surface area contributed by atoms with Crippen LogP contribution in [0.25, 0.3) is 10.2 Å². The van der Waals surface area contributed by atoms with Crippen molar-refractivity contribution in [3.8, 4) is 0 Å². The molecule has 0 N–H and O–H groups in total. The minimum atomic E-state index is -3.58. The highest BCUT2D eigenvalue weighted by Gasteiger charge is 2.27. The zero-order valence-electron chi connectivity index (χ0n) is 22.3. The van der Waals surface area contributed by atoms with E-state index in [9.17, 15) is 13.2 Å². The highest BCUT2D eigenvalue weighted by Crippen LogP contribution is 2.34. The first kappa shape index (κ1) is 28.4. The van der Waals surface area contributed by atoms with Crippen LogP contribution in [0, 0.1) is 6.92 Å². The van der Waals surface area contributed by atoms with E-state index in [2.05, 4.69) is 4.90 Å². The molecule has 3 heterocycles. The molecule has 2 saturated heterocycles. The Hall–Kier alpha value is -2.08. The summed E-state index contributed by atoms with van der Waals surface area (Å²) in [5, 5.41) is 1.25. The monoisotopic (exact) mass is 590 g/mol. The van der Waals surface area contributed by atoms with E-state index in [0.717, 1.165) is 80.7 Å². The molecular weight excluding hydrogens is 556 g/mol. The molecule has 3 aromatic rings. The van der Waals surface area contributed by atoms with Crippen LogP contribution in [-0.2, 0) is 14.8 Å². The van der Waals surface area contributed by atoms with Crippen LogP contribution >= 0.6 is 22.9 Å². The maximum absolute atomic E-state index is 13.8. The lowest BCUT2D eigenvalue weighted by Gasteiger charge is -2.27. The number of nitrogens with zero attached hydrogens (tertiary/aromatic N) is 4. The lowest BCUT2D eigenvalue weighted by atomic mass is 10.2. The summed E-state index contributed by atoms with van der Waals surface area (Å²) in [6.07, 6.45) is 4.64. The van der Waals surface area contributed by atoms with Gasteiger partial charge in [0.2, 0.25) is 10.0 Å². The summed E-state index contributed by atoms with van der Waals surface area (Å²) < 4.78 is 34.4. The van der Waals surface area contributed by atoms with Crippen molar-refractivity contribution in [3.05, 3.63) is 52.5 Å². The number of anilines is 1. The zero-order chi connectivity index (χ0) is 27.4. The number of benzene rings is 2. The summed E-state index contributed by atoms with van der Waals surface area (Å²) in [5.41, 5.74) is 2.23. The van der Waals surface area contributed by atoms with Crippen molar-refractivity contribution in [2.24, 2.45) is 0 Å². The lowest BCUT2D eigenvalue weighted by Crippen LogP contribution is -2.39. The predicted octanol–water partition coefficient (Wildman–Crippen LogP) is 5.19. The van der Waals surface area contributed by atoms with E-state index in [1.165, 1.54) is 11.3 Å². The molecule has 1 aromatic heterocycles. The number of thiazole rings is 1. The van der Waals surface area contributed by atoms with E-state index < -0.39 is 10.0 Å². The van der Waals surface area contributed by atoms with E-state index in [-0.39, 0.29) is 10.8 Å². The number of sulfonamides is 1. The van der Waals surface area contributed by atoms with E-state index in [0.29, 0.717) is 35.4 Å². The SMILES string of the molecule is Cc1cc(Cl)cc2sc(N(CCCN3CCOCC3)C(=O)c3ccc(S(=O)(=O)N4CCCCCC4)cc3)nc12. The number of carbonyl (C=O) groups is 1. The average molecular weight is 591 g/mol. The lowest BCUT2D eigenvalue weighted by molar-refractivity contribution is 0.0376. The Kier molecular flexibility index (Phi) is 9.20. The first-order chi connectivity index (χ1) is 18.8. The summed E-state index contributed by atoms with van der Waals surface area (Å²) in [4.78, 5) is 22.9. The molecule has 0 radical (unpaired) electrons. The molecule has 0 spiro atoms. The first-order valence-electron chi connectivity index (χ1n) is 13.6. The Balaban J connectivity index is 1.38. The van der Waals surface area contributed by atoms with Crippen LogP contribution in [0.4, 0.5) is 5.13 Å². The molecule has 2 aromatic carbocycles. The van der Waals surface area contributed by atoms with Crippen molar-refractivity contribution in [3.63, 3.8) is 0 Å². The number of carbonyl (C=O) groups excluding carboxylic acids is 1. The van der Waals surface area contributed by atoms with Crippen molar-refractivity contribution >= 4 is 54.2 Å². The van der Waals surface area contributed by atoms with Crippen LogP contribution < -0.4 is 4.90 Å². The van der Waals surface area contributed by atoms with Gasteiger partial charge in [0.15, 0.2) is 5.13 Å². The molecule has 8 nitrogen and oxygen atoms in total. The van der Waals surface area contributed by atoms with Gasteiger partial charge in [-0.2, -0.15) is 4.31 Å². The van der Waals surface area contributed by atoms with Gasteiger partial charge in [-0.15, -0.1) is 0 Å². The van der Waals surface area contributed by atoms with E-state index >= 15 is 0 Å². The van der Waals surface area contributed by atoms with Gasteiger partial charge in [-0.25, -0.2) is 13.4 Å². The minimum Gasteiger partial charge on any atom is -0.379 e. The van der Waals surface area contributed by atoms with Gasteiger partial charge in [0.05, 0.1) is 28.3 Å². The number of rotatable bonds is 8. The second kappa shape index (κ2) is 12.6. The zero-order valence-corrected chi connectivity index (χ0v) is 24.7. The smallest absolute Gasteiger partial charge is 0.260 e. The van der Waals surface area contributed by atoms with Crippen molar-refractivity contribution in [2.45, 2.75) is 43.9 Å². The van der Waals surface area contributed by atoms with Crippen molar-refractivity contribution < 1.29 is 17.9 Å². The van der Waals surface area contributed by atoms with Gasteiger partial charge < -0.3 is 4.74 Å². The number of amides is 1. The molecule has 210 valence electrons. The molecule has 1 amide bonds. The highest BCUT2D eigenvalue weighted by molar-refractivity contribution is 7.89. The van der Waals surface area contributed by atoms with E-state index in [4.69, 9.17) is 21.3 Å². The topological polar surface area (TPSA) is 83.0 Å². The maximum atomic E-state index is 13.8. The summed E-state index contributed by atoms with van der Waals surface area (Å²) in [5.74, 6) is -0.196. The van der Waals surface area contributed by atoms with Gasteiger partial charge in [-0.1, -0.05) is 35.8 Å². The molecule has 39 heavy (non-hydrogen) atoms. The van der Waals surface area contributed by atoms with Gasteiger partial charge in [0, 0.05) is 49.9 Å². The number of hydrogen-bond acceptors (Lipinski definition) is 7. The number of aromatic nitrogens is 1. The number of hydrogen-bond donors (Lipinski definition) is 0. The maximum Gasteiger partial charge on any atom is 0.260 e. The predicted molar refractivity (Wildman–Crippen MR) is 157 cm³/mol. The largest absolute Gasteiger partial charge is 0.379 e. The second-order valence-corrected chi connectivity index (χ2v) is 13.6. The Morgan fingerprint density at radius 3 is 2.44 bits per heavy atom. The van der Waals surface area contributed by atoms with Crippen LogP contribution in [0.5, 0.6) is 0 Å². The van der Waals surface area contributed by atoms with Gasteiger partial charge in [-0.3, -0.25) is 14.6 Å². The fourth-order valence-electron chi connectivity index (χ4n) is 5.18. The average Bonchev–Trinajstić information content (AvgIpc) is 3.15. The molecule has 11 heteroatoms. The van der Waals surface area contributed by atoms with Gasteiger partial charge >= 0.3 is 0 Å². The molecule has 2 aliphatic heterocycles. The third-order valence-corrected chi connectivity index (χ3v) is 10.5. The summed E-state index contributed by atoms with van der Waals surface area (Å²) in [6, 6.07) is 10.1. The normalized spacial score (nSPS) is 17.8. The fourth-order valence-corrected chi connectivity index (χ4v) is 8.14. The van der Waals surface area contributed by atoms with Crippen LogP contribution in [0.2, 0.25) is 5.02 Å². The van der Waals surface area contributed by atoms with Crippen LogP contribution in [0.15, 0.2) is 41.3 Å². The van der Waals surface area contributed by atoms with Gasteiger partial charge in [-0.05, 0) is 68.1 Å². The number of ether oxygens (including phenoxy) is 1. The van der Waals surface area contributed by atoms with Crippen LogP contribution in [0.3, 0.4) is 0 Å². The van der Waals surface area contributed by atoms with Gasteiger partial charge in [0.1, 0.15) is 0 Å². The Morgan fingerprint density at radius 1 is 1.05 bits per heavy atom. The third kappa shape index (κ3) is 6.64. The number of fused-ring (bicyclic) bond motifs is 1. The minimum absolute atomic E-state index is 0.196. The third-order valence-electron chi connectivity index (χ3n) is 7.38. The molecule has 0 unspecified atom stereocenters. The molecule has 0 saturated carbocycles. The quantitative estimate of drug-likeness (QED) is 0.359. The molecule has 0 atom stereocenters. The second-order valence-electron chi connectivity index (χ2n) is 10.2. The molecular formula is C28H35ClN4O4S2. The summed E-state index contributed by atoms with van der Waals surface area (Å²) in [7, 11) is -3.58. The number of aryl methyl sites for hydroxylation is 1. The molecule has 2 fully saturated rings. The summed E-state index contributed by atoms with van der Waals surface area (Å²) in [6.45, 7) is 7.64. The molecule has 0 bridgehead atoms. The Labute approximate surface area is 239 Å². The Bertz CT molecular complexity index is 1400. The summed E-state index contributed by atoms with van der Waals surface area (Å²) >= 11 is 7.73. The van der Waals surface area contributed by atoms with Crippen LogP contribution in [0.1, 0.15) is 48.0 Å². The van der Waals surface area contributed by atoms with Crippen molar-refractivity contribution in [1.82, 2.24) is 14.2 Å². The Morgan fingerprint density at radius 2 is 1.74 bits per heavy atom. The number of morpholine rings is 1. The first-order valence-corrected chi connectivity index (χ1v) is 16.3. The standard InChI is InChI=1S/C28H35ClN4O4S2/c1-21-19-23(29)20-25-26(21)30-28(38-25)33(14-6-11-31-15-17-37-18-16-31)27(34)22-7-9-24(10-8-22)39(35,36)32-12-4-2-3-5-13-32/h7-10,19-20H,2-6,11-18H2,1H3. The van der Waals surface area contributed by atoms with E-state index in [1.807, 2.05) is 19.1 Å². The van der Waals surface area contributed by atoms with Crippen molar-refractivity contribution in [1.29, 1.82) is 0 Å². The number of halogens is 1. The molecule has 5 rings (SSSR count). The highest BCUT2D eigenvalue weighted by atomic mass is 35.5. The molecule has 0 aliphatic carbocycles. The molecule has 2 aliphatic rings. The van der Waals surface area contributed by atoms with E-state index in [1.54, 1.807) is 33.5 Å². The van der Waals surface area contributed by atoms with Gasteiger partial charge in [0.25, 0.3) is 5.91 Å². The fraction of sp³-hybridized carbons (Fsp3) is 0.500. The van der Waals surface area contributed by atoms with Crippen molar-refractivity contribution in [2.75, 3.05) is 57.4 Å².